The standard InChI is InChI=1S/C15H17FN2O/c1-11-2-3-13(6-15(11)16)14-7-17-18(9-14)8-12-4-5-19-10-12/h2-3,6-7,9,12H,4-5,8,10H2,1H3. The fraction of sp³-hybridized carbons (Fsp3) is 0.400. The van der Waals surface area contributed by atoms with Gasteiger partial charge in [0.2, 0.25) is 0 Å². The van der Waals surface area contributed by atoms with E-state index in [1.807, 2.05) is 16.9 Å². The van der Waals surface area contributed by atoms with Gasteiger partial charge in [0.15, 0.2) is 0 Å². The molecule has 19 heavy (non-hydrogen) atoms. The van der Waals surface area contributed by atoms with Crippen LogP contribution in [-0.4, -0.2) is 23.0 Å². The number of aromatic nitrogens is 2. The van der Waals surface area contributed by atoms with E-state index in [0.717, 1.165) is 37.3 Å². The number of hydrogen-bond acceptors (Lipinski definition) is 2. The summed E-state index contributed by atoms with van der Waals surface area (Å²) in [4.78, 5) is 0. The quantitative estimate of drug-likeness (QED) is 0.848. The summed E-state index contributed by atoms with van der Waals surface area (Å²) in [6.07, 6.45) is 4.86. The summed E-state index contributed by atoms with van der Waals surface area (Å²) in [6.45, 7) is 4.30. The second-order valence-electron chi connectivity index (χ2n) is 5.14. The molecule has 0 N–H and O–H groups in total. The van der Waals surface area contributed by atoms with Crippen molar-refractivity contribution in [1.29, 1.82) is 0 Å². The van der Waals surface area contributed by atoms with Crippen molar-refractivity contribution in [3.05, 3.63) is 42.0 Å². The van der Waals surface area contributed by atoms with Gasteiger partial charge in [-0.15, -0.1) is 0 Å². The van der Waals surface area contributed by atoms with Crippen molar-refractivity contribution in [3.8, 4) is 11.1 Å². The maximum Gasteiger partial charge on any atom is 0.126 e. The van der Waals surface area contributed by atoms with E-state index in [4.69, 9.17) is 4.74 Å². The molecule has 1 aliphatic heterocycles. The molecular formula is C15H17FN2O. The molecule has 3 nitrogen and oxygen atoms in total. The summed E-state index contributed by atoms with van der Waals surface area (Å²) in [5, 5.41) is 4.35. The van der Waals surface area contributed by atoms with Crippen LogP contribution < -0.4 is 0 Å². The fourth-order valence-corrected chi connectivity index (χ4v) is 2.38. The van der Waals surface area contributed by atoms with Gasteiger partial charge in [0.25, 0.3) is 0 Å². The molecule has 3 rings (SSSR count). The minimum Gasteiger partial charge on any atom is -0.381 e. The molecule has 1 aliphatic rings. The maximum absolute atomic E-state index is 13.6. The number of benzene rings is 1. The van der Waals surface area contributed by atoms with Gasteiger partial charge >= 0.3 is 0 Å². The molecule has 0 radical (unpaired) electrons. The van der Waals surface area contributed by atoms with Gasteiger partial charge in [-0.05, 0) is 30.5 Å². The molecule has 1 atom stereocenters. The van der Waals surface area contributed by atoms with E-state index < -0.39 is 0 Å². The lowest BCUT2D eigenvalue weighted by molar-refractivity contribution is 0.181. The molecule has 2 aromatic rings. The lowest BCUT2D eigenvalue weighted by atomic mass is 10.1. The predicted molar refractivity (Wildman–Crippen MR) is 71.3 cm³/mol. The van der Waals surface area contributed by atoms with Gasteiger partial charge in [-0.1, -0.05) is 12.1 Å². The Kier molecular flexibility index (Phi) is 3.34. The van der Waals surface area contributed by atoms with Gasteiger partial charge in [0.05, 0.1) is 12.8 Å². The molecule has 0 aliphatic carbocycles. The Morgan fingerprint density at radius 2 is 2.32 bits per heavy atom. The van der Waals surface area contributed by atoms with E-state index in [1.165, 1.54) is 0 Å². The van der Waals surface area contributed by atoms with E-state index in [1.54, 1.807) is 25.3 Å². The molecule has 1 fully saturated rings. The number of hydrogen-bond donors (Lipinski definition) is 0. The zero-order valence-corrected chi connectivity index (χ0v) is 11.0. The van der Waals surface area contributed by atoms with Gasteiger partial charge in [0.1, 0.15) is 5.82 Å². The lowest BCUT2D eigenvalue weighted by Gasteiger charge is -2.06. The van der Waals surface area contributed by atoms with Crippen molar-refractivity contribution < 1.29 is 9.13 Å². The van der Waals surface area contributed by atoms with Gasteiger partial charge < -0.3 is 4.74 Å². The largest absolute Gasteiger partial charge is 0.381 e. The number of aryl methyl sites for hydroxylation is 1. The Balaban J connectivity index is 1.78. The Labute approximate surface area is 112 Å². The molecule has 100 valence electrons. The van der Waals surface area contributed by atoms with E-state index in [-0.39, 0.29) is 5.82 Å². The molecule has 4 heteroatoms. The smallest absolute Gasteiger partial charge is 0.126 e. The summed E-state index contributed by atoms with van der Waals surface area (Å²) in [6, 6.07) is 5.29. The Morgan fingerprint density at radius 3 is 3.05 bits per heavy atom. The van der Waals surface area contributed by atoms with Crippen molar-refractivity contribution in [2.75, 3.05) is 13.2 Å². The highest BCUT2D eigenvalue weighted by Gasteiger charge is 2.16. The summed E-state index contributed by atoms with van der Waals surface area (Å²) in [5.74, 6) is 0.372. The van der Waals surface area contributed by atoms with Crippen LogP contribution in [0.3, 0.4) is 0 Å². The Hall–Kier alpha value is -1.68. The highest BCUT2D eigenvalue weighted by atomic mass is 19.1. The molecule has 0 bridgehead atoms. The third-order valence-corrected chi connectivity index (χ3v) is 3.61. The SMILES string of the molecule is Cc1ccc(-c2cnn(CC3CCOC3)c2)cc1F. The van der Waals surface area contributed by atoms with Crippen LogP contribution in [0, 0.1) is 18.7 Å². The van der Waals surface area contributed by atoms with E-state index >= 15 is 0 Å². The first-order valence-corrected chi connectivity index (χ1v) is 6.59. The summed E-state index contributed by atoms with van der Waals surface area (Å²) < 4.78 is 20.8. The molecule has 1 aromatic carbocycles. The molecule has 0 amide bonds. The van der Waals surface area contributed by atoms with Crippen LogP contribution >= 0.6 is 0 Å². The van der Waals surface area contributed by atoms with E-state index in [9.17, 15) is 4.39 Å². The van der Waals surface area contributed by atoms with Crippen molar-refractivity contribution in [3.63, 3.8) is 0 Å². The molecule has 1 saturated heterocycles. The molecular weight excluding hydrogens is 243 g/mol. The van der Waals surface area contributed by atoms with E-state index in [0.29, 0.717) is 11.5 Å². The van der Waals surface area contributed by atoms with Gasteiger partial charge in [-0.25, -0.2) is 4.39 Å². The van der Waals surface area contributed by atoms with Crippen molar-refractivity contribution in [1.82, 2.24) is 9.78 Å². The summed E-state index contributed by atoms with van der Waals surface area (Å²) in [5.41, 5.74) is 2.49. The second kappa shape index (κ2) is 5.13. The summed E-state index contributed by atoms with van der Waals surface area (Å²) >= 11 is 0. The van der Waals surface area contributed by atoms with Crippen LogP contribution in [0.25, 0.3) is 11.1 Å². The van der Waals surface area contributed by atoms with Crippen LogP contribution in [0.5, 0.6) is 0 Å². The number of nitrogens with zero attached hydrogens (tertiary/aromatic N) is 2. The third-order valence-electron chi connectivity index (χ3n) is 3.61. The monoisotopic (exact) mass is 260 g/mol. The topological polar surface area (TPSA) is 27.1 Å². The van der Waals surface area contributed by atoms with Crippen LogP contribution in [0.15, 0.2) is 30.6 Å². The first-order chi connectivity index (χ1) is 9.22. The highest BCUT2D eigenvalue weighted by Crippen LogP contribution is 2.22. The number of rotatable bonds is 3. The predicted octanol–water partition coefficient (Wildman–Crippen LogP) is 3.03. The van der Waals surface area contributed by atoms with E-state index in [2.05, 4.69) is 5.10 Å². The van der Waals surface area contributed by atoms with Gasteiger partial charge in [-0.2, -0.15) is 5.10 Å². The summed E-state index contributed by atoms with van der Waals surface area (Å²) in [7, 11) is 0. The number of halogens is 1. The average molecular weight is 260 g/mol. The highest BCUT2D eigenvalue weighted by molar-refractivity contribution is 5.62. The van der Waals surface area contributed by atoms with Crippen LogP contribution in [0.1, 0.15) is 12.0 Å². The maximum atomic E-state index is 13.6. The Morgan fingerprint density at radius 1 is 1.42 bits per heavy atom. The van der Waals surface area contributed by atoms with Crippen LogP contribution in [0.2, 0.25) is 0 Å². The normalized spacial score (nSPS) is 18.9. The molecule has 0 spiro atoms. The van der Waals surface area contributed by atoms with Gasteiger partial charge in [0, 0.05) is 30.8 Å². The number of ether oxygens (including phenoxy) is 1. The molecule has 0 saturated carbocycles. The Bertz CT molecular complexity index is 573. The third kappa shape index (κ3) is 2.68. The molecule has 1 aromatic heterocycles. The first kappa shape index (κ1) is 12.4. The second-order valence-corrected chi connectivity index (χ2v) is 5.14. The zero-order valence-electron chi connectivity index (χ0n) is 11.0. The molecule has 2 heterocycles. The van der Waals surface area contributed by atoms with Crippen molar-refractivity contribution in [2.24, 2.45) is 5.92 Å². The lowest BCUT2D eigenvalue weighted by Crippen LogP contribution is -2.10. The fourth-order valence-electron chi connectivity index (χ4n) is 2.38. The van der Waals surface area contributed by atoms with Crippen LogP contribution in [-0.2, 0) is 11.3 Å². The average Bonchev–Trinajstić information content (AvgIpc) is 3.05. The first-order valence-electron chi connectivity index (χ1n) is 6.59. The van der Waals surface area contributed by atoms with Crippen molar-refractivity contribution in [2.45, 2.75) is 19.9 Å². The van der Waals surface area contributed by atoms with Crippen molar-refractivity contribution >= 4 is 0 Å². The van der Waals surface area contributed by atoms with Gasteiger partial charge in [-0.3, -0.25) is 4.68 Å². The minimum absolute atomic E-state index is 0.172. The van der Waals surface area contributed by atoms with Crippen LogP contribution in [0.4, 0.5) is 4.39 Å². The minimum atomic E-state index is -0.172. The molecule has 1 unspecified atom stereocenters. The zero-order chi connectivity index (χ0) is 13.2.